The number of unbranched alkanes of at least 4 members (excludes halogenated alkanes) is 4. The molecule has 2 unspecified atom stereocenters. The zero-order chi connectivity index (χ0) is 11.8. The Morgan fingerprint density at radius 2 is 1.75 bits per heavy atom. The number of rotatable bonds is 6. The van der Waals surface area contributed by atoms with Gasteiger partial charge in [-0.1, -0.05) is 46.5 Å². The molecule has 0 aromatic carbocycles. The third-order valence-electron chi connectivity index (χ3n) is 3.89. The largest absolute Gasteiger partial charge is 0.303 e. The number of likely N-dealkylation sites (tertiary alicyclic amines) is 1. The Balaban J connectivity index is 2.11. The Kier molecular flexibility index (Phi) is 7.11. The summed E-state index contributed by atoms with van der Waals surface area (Å²) in [6.07, 6.45) is 9.93. The van der Waals surface area contributed by atoms with Crippen LogP contribution in [0.4, 0.5) is 0 Å². The van der Waals surface area contributed by atoms with Gasteiger partial charge in [-0.25, -0.2) is 0 Å². The van der Waals surface area contributed by atoms with Crippen LogP contribution in [0.1, 0.15) is 65.7 Å². The molecule has 0 aliphatic carbocycles. The van der Waals surface area contributed by atoms with Gasteiger partial charge in [0, 0.05) is 6.54 Å². The average molecular weight is 225 g/mol. The molecule has 0 spiro atoms. The SMILES string of the molecule is CCCCCCCN1CCC(C)CC(C)C1. The molecule has 0 aromatic rings. The molecule has 1 heterocycles. The minimum atomic E-state index is 0.910. The van der Waals surface area contributed by atoms with E-state index in [0.717, 1.165) is 11.8 Å². The van der Waals surface area contributed by atoms with Crippen molar-refractivity contribution in [2.45, 2.75) is 65.7 Å². The van der Waals surface area contributed by atoms with Crippen molar-refractivity contribution in [2.75, 3.05) is 19.6 Å². The Labute approximate surface area is 103 Å². The molecule has 1 saturated heterocycles. The molecule has 1 heteroatoms. The van der Waals surface area contributed by atoms with Crippen LogP contribution in [0.25, 0.3) is 0 Å². The summed E-state index contributed by atoms with van der Waals surface area (Å²) >= 11 is 0. The molecule has 0 radical (unpaired) electrons. The monoisotopic (exact) mass is 225 g/mol. The summed E-state index contributed by atoms with van der Waals surface area (Å²) in [5.41, 5.74) is 0. The van der Waals surface area contributed by atoms with E-state index in [1.807, 2.05) is 0 Å². The molecule has 0 saturated carbocycles. The van der Waals surface area contributed by atoms with Gasteiger partial charge in [0.2, 0.25) is 0 Å². The van der Waals surface area contributed by atoms with Crippen molar-refractivity contribution >= 4 is 0 Å². The van der Waals surface area contributed by atoms with Crippen molar-refractivity contribution in [3.8, 4) is 0 Å². The van der Waals surface area contributed by atoms with Crippen LogP contribution in [0, 0.1) is 11.8 Å². The van der Waals surface area contributed by atoms with Gasteiger partial charge in [0.25, 0.3) is 0 Å². The molecule has 96 valence electrons. The lowest BCUT2D eigenvalue weighted by Crippen LogP contribution is -2.28. The van der Waals surface area contributed by atoms with Gasteiger partial charge >= 0.3 is 0 Å². The lowest BCUT2D eigenvalue weighted by Gasteiger charge is -2.22. The van der Waals surface area contributed by atoms with E-state index < -0.39 is 0 Å². The molecule has 0 bridgehead atoms. The number of hydrogen-bond donors (Lipinski definition) is 0. The summed E-state index contributed by atoms with van der Waals surface area (Å²) in [5, 5.41) is 0. The minimum absolute atomic E-state index is 0.910. The van der Waals surface area contributed by atoms with Crippen molar-refractivity contribution in [1.82, 2.24) is 4.90 Å². The molecule has 0 amide bonds. The maximum absolute atomic E-state index is 2.71. The standard InChI is InChI=1S/C15H31N/c1-4-5-6-7-8-10-16-11-9-14(2)12-15(3)13-16/h14-15H,4-13H2,1-3H3. The van der Waals surface area contributed by atoms with Gasteiger partial charge in [0.05, 0.1) is 0 Å². The normalized spacial score (nSPS) is 27.9. The van der Waals surface area contributed by atoms with E-state index in [2.05, 4.69) is 25.7 Å². The molecular formula is C15H31N. The Morgan fingerprint density at radius 3 is 2.50 bits per heavy atom. The zero-order valence-electron chi connectivity index (χ0n) is 11.7. The minimum Gasteiger partial charge on any atom is -0.303 e. The highest BCUT2D eigenvalue weighted by Gasteiger charge is 2.18. The number of hydrogen-bond acceptors (Lipinski definition) is 1. The first-order valence-corrected chi connectivity index (χ1v) is 7.44. The summed E-state index contributed by atoms with van der Waals surface area (Å²) in [6.45, 7) is 11.2. The first-order chi connectivity index (χ1) is 7.72. The van der Waals surface area contributed by atoms with Gasteiger partial charge < -0.3 is 4.90 Å². The van der Waals surface area contributed by atoms with E-state index in [1.165, 1.54) is 64.6 Å². The second-order valence-corrected chi connectivity index (χ2v) is 5.95. The van der Waals surface area contributed by atoms with E-state index in [4.69, 9.17) is 0 Å². The zero-order valence-corrected chi connectivity index (χ0v) is 11.7. The van der Waals surface area contributed by atoms with Crippen LogP contribution in [0.15, 0.2) is 0 Å². The van der Waals surface area contributed by atoms with Crippen LogP contribution in [-0.2, 0) is 0 Å². The van der Waals surface area contributed by atoms with Crippen LogP contribution < -0.4 is 0 Å². The second-order valence-electron chi connectivity index (χ2n) is 5.95. The Hall–Kier alpha value is -0.0400. The van der Waals surface area contributed by atoms with E-state index in [9.17, 15) is 0 Å². The van der Waals surface area contributed by atoms with Gasteiger partial charge in [-0.15, -0.1) is 0 Å². The van der Waals surface area contributed by atoms with E-state index in [-0.39, 0.29) is 0 Å². The maximum atomic E-state index is 2.71. The lowest BCUT2D eigenvalue weighted by atomic mass is 9.97. The fraction of sp³-hybridized carbons (Fsp3) is 1.00. The molecule has 0 N–H and O–H groups in total. The maximum Gasteiger partial charge on any atom is 0.000712 e. The van der Waals surface area contributed by atoms with Crippen molar-refractivity contribution in [1.29, 1.82) is 0 Å². The van der Waals surface area contributed by atoms with Gasteiger partial charge in [-0.3, -0.25) is 0 Å². The molecule has 2 atom stereocenters. The molecule has 1 nitrogen and oxygen atoms in total. The first-order valence-electron chi connectivity index (χ1n) is 7.44. The summed E-state index contributed by atoms with van der Waals surface area (Å²) in [5.74, 6) is 1.85. The first kappa shape index (κ1) is 14.0. The summed E-state index contributed by atoms with van der Waals surface area (Å²) in [7, 11) is 0. The van der Waals surface area contributed by atoms with Crippen molar-refractivity contribution < 1.29 is 0 Å². The molecule has 1 rings (SSSR count). The van der Waals surface area contributed by atoms with E-state index in [0.29, 0.717) is 0 Å². The molecule has 0 aromatic heterocycles. The Morgan fingerprint density at radius 1 is 1.00 bits per heavy atom. The fourth-order valence-corrected chi connectivity index (χ4v) is 2.96. The molecule has 1 fully saturated rings. The summed E-state index contributed by atoms with van der Waals surface area (Å²) < 4.78 is 0. The van der Waals surface area contributed by atoms with Crippen molar-refractivity contribution in [3.63, 3.8) is 0 Å². The number of nitrogens with zero attached hydrogens (tertiary/aromatic N) is 1. The van der Waals surface area contributed by atoms with Crippen LogP contribution in [0.2, 0.25) is 0 Å². The average Bonchev–Trinajstić information content (AvgIpc) is 2.39. The summed E-state index contributed by atoms with van der Waals surface area (Å²) in [6, 6.07) is 0. The Bertz CT molecular complexity index is 167. The molecule has 1 aliphatic rings. The summed E-state index contributed by atoms with van der Waals surface area (Å²) in [4.78, 5) is 2.71. The fourth-order valence-electron chi connectivity index (χ4n) is 2.96. The van der Waals surface area contributed by atoms with Crippen LogP contribution in [-0.4, -0.2) is 24.5 Å². The predicted octanol–water partition coefficient (Wildman–Crippen LogP) is 4.32. The van der Waals surface area contributed by atoms with Gasteiger partial charge in [-0.2, -0.15) is 0 Å². The molecular weight excluding hydrogens is 194 g/mol. The highest BCUT2D eigenvalue weighted by Crippen LogP contribution is 2.21. The highest BCUT2D eigenvalue weighted by atomic mass is 15.1. The van der Waals surface area contributed by atoms with Crippen LogP contribution in [0.5, 0.6) is 0 Å². The van der Waals surface area contributed by atoms with Crippen LogP contribution >= 0.6 is 0 Å². The third-order valence-corrected chi connectivity index (χ3v) is 3.89. The van der Waals surface area contributed by atoms with Gasteiger partial charge in [0.15, 0.2) is 0 Å². The predicted molar refractivity (Wildman–Crippen MR) is 72.8 cm³/mol. The quantitative estimate of drug-likeness (QED) is 0.608. The second kappa shape index (κ2) is 8.11. The van der Waals surface area contributed by atoms with Crippen molar-refractivity contribution in [2.24, 2.45) is 11.8 Å². The topological polar surface area (TPSA) is 3.24 Å². The van der Waals surface area contributed by atoms with Crippen LogP contribution in [0.3, 0.4) is 0 Å². The van der Waals surface area contributed by atoms with Crippen molar-refractivity contribution in [3.05, 3.63) is 0 Å². The highest BCUT2D eigenvalue weighted by molar-refractivity contribution is 4.71. The van der Waals surface area contributed by atoms with E-state index >= 15 is 0 Å². The smallest absolute Gasteiger partial charge is 0.000712 e. The molecule has 1 aliphatic heterocycles. The van der Waals surface area contributed by atoms with Gasteiger partial charge in [0.1, 0.15) is 0 Å². The van der Waals surface area contributed by atoms with E-state index in [1.54, 1.807) is 0 Å². The lowest BCUT2D eigenvalue weighted by molar-refractivity contribution is 0.250. The third kappa shape index (κ3) is 5.89. The van der Waals surface area contributed by atoms with Gasteiger partial charge in [-0.05, 0) is 44.2 Å². The molecule has 16 heavy (non-hydrogen) atoms.